The van der Waals surface area contributed by atoms with Crippen LogP contribution in [0.4, 0.5) is 17.2 Å². The second-order valence-electron chi connectivity index (χ2n) is 6.25. The zero-order valence-electron chi connectivity index (χ0n) is 16.2. The molecule has 7 heteroatoms. The van der Waals surface area contributed by atoms with Crippen LogP contribution in [0, 0.1) is 13.8 Å². The molecule has 0 saturated carbocycles. The Morgan fingerprint density at radius 2 is 1.71 bits per heavy atom. The fourth-order valence-electron chi connectivity index (χ4n) is 2.58. The van der Waals surface area contributed by atoms with Gasteiger partial charge < -0.3 is 20.1 Å². The van der Waals surface area contributed by atoms with Gasteiger partial charge in [-0.05, 0) is 61.4 Å². The second-order valence-corrected chi connectivity index (χ2v) is 6.25. The highest BCUT2D eigenvalue weighted by molar-refractivity contribution is 6.03. The van der Waals surface area contributed by atoms with Gasteiger partial charge in [0.25, 0.3) is 5.91 Å². The first-order valence-electron chi connectivity index (χ1n) is 8.71. The van der Waals surface area contributed by atoms with Crippen LogP contribution in [0.15, 0.2) is 48.5 Å². The number of rotatable bonds is 6. The number of carbonyl (C=O) groups excluding carboxylic acids is 1. The summed E-state index contributed by atoms with van der Waals surface area (Å²) in [5, 5.41) is 14.0. The first-order valence-corrected chi connectivity index (χ1v) is 8.71. The van der Waals surface area contributed by atoms with Crippen LogP contribution in [-0.4, -0.2) is 30.3 Å². The minimum absolute atomic E-state index is 0.198. The van der Waals surface area contributed by atoms with Crippen molar-refractivity contribution in [3.63, 3.8) is 0 Å². The van der Waals surface area contributed by atoms with Crippen molar-refractivity contribution in [2.24, 2.45) is 0 Å². The molecule has 144 valence electrons. The number of benzene rings is 2. The summed E-state index contributed by atoms with van der Waals surface area (Å²) < 4.78 is 10.4. The Morgan fingerprint density at radius 1 is 0.893 bits per heavy atom. The van der Waals surface area contributed by atoms with E-state index in [2.05, 4.69) is 27.8 Å². The number of amides is 1. The Bertz CT molecular complexity index is 987. The van der Waals surface area contributed by atoms with E-state index in [9.17, 15) is 4.79 Å². The number of aromatic nitrogens is 2. The van der Waals surface area contributed by atoms with Gasteiger partial charge >= 0.3 is 0 Å². The number of carbonyl (C=O) groups is 1. The third-order valence-electron chi connectivity index (χ3n) is 4.33. The van der Waals surface area contributed by atoms with Crippen LogP contribution < -0.4 is 20.1 Å². The Balaban J connectivity index is 1.70. The van der Waals surface area contributed by atoms with E-state index >= 15 is 0 Å². The zero-order valence-corrected chi connectivity index (χ0v) is 16.2. The number of hydrogen-bond acceptors (Lipinski definition) is 6. The van der Waals surface area contributed by atoms with Crippen LogP contribution in [0.1, 0.15) is 21.6 Å². The summed E-state index contributed by atoms with van der Waals surface area (Å²) in [6.07, 6.45) is 0. The van der Waals surface area contributed by atoms with Crippen LogP contribution in [0.3, 0.4) is 0 Å². The molecule has 0 fully saturated rings. The number of anilines is 3. The van der Waals surface area contributed by atoms with Crippen LogP contribution in [0.2, 0.25) is 0 Å². The minimum Gasteiger partial charge on any atom is -0.497 e. The summed E-state index contributed by atoms with van der Waals surface area (Å²) in [5.74, 6) is 1.31. The summed E-state index contributed by atoms with van der Waals surface area (Å²) >= 11 is 0. The van der Waals surface area contributed by atoms with Gasteiger partial charge in [-0.15, -0.1) is 10.2 Å². The lowest BCUT2D eigenvalue weighted by Gasteiger charge is -2.11. The van der Waals surface area contributed by atoms with Crippen LogP contribution in [-0.2, 0) is 0 Å². The number of nitrogens with zero attached hydrogens (tertiary/aromatic N) is 2. The van der Waals surface area contributed by atoms with Gasteiger partial charge in [0.15, 0.2) is 11.5 Å². The van der Waals surface area contributed by atoms with Gasteiger partial charge in [0.2, 0.25) is 0 Å². The third-order valence-corrected chi connectivity index (χ3v) is 4.33. The van der Waals surface area contributed by atoms with Gasteiger partial charge in [-0.25, -0.2) is 0 Å². The normalized spacial score (nSPS) is 10.3. The molecule has 3 aromatic rings. The molecule has 0 aliphatic rings. The Kier molecular flexibility index (Phi) is 5.74. The molecule has 0 radical (unpaired) electrons. The molecule has 28 heavy (non-hydrogen) atoms. The summed E-state index contributed by atoms with van der Waals surface area (Å²) in [7, 11) is 3.09. The van der Waals surface area contributed by atoms with Crippen molar-refractivity contribution in [3.8, 4) is 11.5 Å². The lowest BCUT2D eigenvalue weighted by molar-refractivity contribution is 0.102. The SMILES string of the molecule is COc1ccc(NC(=O)c2ccc(Nc3ccc(C)c(C)c3)nn2)c(OC)c1. The molecule has 0 aliphatic carbocycles. The Hall–Kier alpha value is -3.61. The van der Waals surface area contributed by atoms with Crippen molar-refractivity contribution < 1.29 is 14.3 Å². The van der Waals surface area contributed by atoms with Crippen molar-refractivity contribution >= 4 is 23.1 Å². The number of aryl methyl sites for hydroxylation is 2. The maximum absolute atomic E-state index is 12.5. The van der Waals surface area contributed by atoms with E-state index in [-0.39, 0.29) is 11.6 Å². The largest absolute Gasteiger partial charge is 0.497 e. The molecular weight excluding hydrogens is 356 g/mol. The molecular formula is C21H22N4O3. The van der Waals surface area contributed by atoms with Gasteiger partial charge in [0.1, 0.15) is 11.5 Å². The Labute approximate surface area is 163 Å². The third kappa shape index (κ3) is 4.37. The molecule has 0 bridgehead atoms. The first-order chi connectivity index (χ1) is 13.5. The summed E-state index contributed by atoms with van der Waals surface area (Å²) in [4.78, 5) is 12.5. The van der Waals surface area contributed by atoms with E-state index in [4.69, 9.17) is 9.47 Å². The maximum Gasteiger partial charge on any atom is 0.276 e. The van der Waals surface area contributed by atoms with Crippen molar-refractivity contribution in [2.45, 2.75) is 13.8 Å². The van der Waals surface area contributed by atoms with Crippen molar-refractivity contribution in [2.75, 3.05) is 24.9 Å². The molecule has 1 aromatic heterocycles. The van der Waals surface area contributed by atoms with Crippen LogP contribution in [0.5, 0.6) is 11.5 Å². The fraction of sp³-hybridized carbons (Fsp3) is 0.190. The standard InChI is InChI=1S/C21H22N4O3/c1-13-5-6-15(11-14(13)2)22-20-10-9-18(24-25-20)21(26)23-17-8-7-16(27-3)12-19(17)28-4/h5-12H,1-4H3,(H,22,25)(H,23,26). The van der Waals surface area contributed by atoms with Crippen LogP contribution in [0.25, 0.3) is 0 Å². The van der Waals surface area contributed by atoms with Gasteiger partial charge in [-0.1, -0.05) is 6.07 Å². The average Bonchev–Trinajstić information content (AvgIpc) is 2.71. The van der Waals surface area contributed by atoms with E-state index < -0.39 is 0 Å². The maximum atomic E-state index is 12.5. The van der Waals surface area contributed by atoms with Gasteiger partial charge in [0.05, 0.1) is 19.9 Å². The smallest absolute Gasteiger partial charge is 0.276 e. The lowest BCUT2D eigenvalue weighted by atomic mass is 10.1. The van der Waals surface area contributed by atoms with E-state index in [0.29, 0.717) is 23.0 Å². The van der Waals surface area contributed by atoms with Crippen LogP contribution >= 0.6 is 0 Å². The molecule has 0 aliphatic heterocycles. The Morgan fingerprint density at radius 3 is 2.36 bits per heavy atom. The first kappa shape index (κ1) is 19.2. The van der Waals surface area contributed by atoms with Crippen molar-refractivity contribution in [1.29, 1.82) is 0 Å². The summed E-state index contributed by atoms with van der Waals surface area (Å²) in [6.45, 7) is 4.11. The quantitative estimate of drug-likeness (QED) is 0.671. The van der Waals surface area contributed by atoms with Crippen molar-refractivity contribution in [3.05, 3.63) is 65.4 Å². The predicted octanol–water partition coefficient (Wildman–Crippen LogP) is 4.11. The number of hydrogen-bond donors (Lipinski definition) is 2. The average molecular weight is 378 g/mol. The highest BCUT2D eigenvalue weighted by Gasteiger charge is 2.13. The number of ether oxygens (including phenoxy) is 2. The molecule has 0 atom stereocenters. The van der Waals surface area contributed by atoms with E-state index in [1.54, 1.807) is 37.4 Å². The monoisotopic (exact) mass is 378 g/mol. The number of nitrogens with one attached hydrogen (secondary N) is 2. The molecule has 3 rings (SSSR count). The lowest BCUT2D eigenvalue weighted by Crippen LogP contribution is -2.15. The summed E-state index contributed by atoms with van der Waals surface area (Å²) in [5.41, 5.74) is 4.04. The molecule has 0 spiro atoms. The van der Waals surface area contributed by atoms with Gasteiger partial charge in [-0.2, -0.15) is 0 Å². The fourth-order valence-corrected chi connectivity index (χ4v) is 2.58. The van der Waals surface area contributed by atoms with Gasteiger partial charge in [0, 0.05) is 11.8 Å². The number of methoxy groups -OCH3 is 2. The van der Waals surface area contributed by atoms with E-state index in [1.165, 1.54) is 18.2 Å². The topological polar surface area (TPSA) is 85.4 Å². The molecule has 1 amide bonds. The molecule has 0 unspecified atom stereocenters. The summed E-state index contributed by atoms with van der Waals surface area (Å²) in [6, 6.07) is 14.5. The molecule has 2 N–H and O–H groups in total. The van der Waals surface area contributed by atoms with E-state index in [0.717, 1.165) is 5.69 Å². The molecule has 7 nitrogen and oxygen atoms in total. The predicted molar refractivity (Wildman–Crippen MR) is 109 cm³/mol. The molecule has 2 aromatic carbocycles. The molecule has 1 heterocycles. The van der Waals surface area contributed by atoms with Crippen molar-refractivity contribution in [1.82, 2.24) is 10.2 Å². The highest BCUT2D eigenvalue weighted by Crippen LogP contribution is 2.29. The molecule has 0 saturated heterocycles. The zero-order chi connectivity index (χ0) is 20.1. The van der Waals surface area contributed by atoms with Gasteiger partial charge in [-0.3, -0.25) is 4.79 Å². The second kappa shape index (κ2) is 8.39. The minimum atomic E-state index is -0.381. The van der Waals surface area contributed by atoms with E-state index in [1.807, 2.05) is 25.1 Å². The highest BCUT2D eigenvalue weighted by atomic mass is 16.5.